The minimum Gasteiger partial charge on any atom is -0.394 e. The minimum atomic E-state index is -2.15. The molecule has 0 amide bonds. The lowest BCUT2D eigenvalue weighted by molar-refractivity contribution is 0.0538. The summed E-state index contributed by atoms with van der Waals surface area (Å²) in [6, 6.07) is 2.00. The van der Waals surface area contributed by atoms with Gasteiger partial charge in [-0.15, -0.1) is 0 Å². The van der Waals surface area contributed by atoms with Gasteiger partial charge in [0.05, 0.1) is 19.3 Å². The first-order chi connectivity index (χ1) is 10.7. The van der Waals surface area contributed by atoms with Crippen LogP contribution < -0.4 is 0 Å². The maximum absolute atomic E-state index is 6.36. The summed E-state index contributed by atoms with van der Waals surface area (Å²) in [5, 5.41) is 0. The van der Waals surface area contributed by atoms with Crippen molar-refractivity contribution < 1.29 is 18.3 Å². The van der Waals surface area contributed by atoms with Gasteiger partial charge in [0.25, 0.3) is 0 Å². The molecule has 4 nitrogen and oxygen atoms in total. The molecule has 1 saturated heterocycles. The van der Waals surface area contributed by atoms with Gasteiger partial charge >= 0.3 is 8.56 Å². The second-order valence-corrected chi connectivity index (χ2v) is 9.68. The highest BCUT2D eigenvalue weighted by Crippen LogP contribution is 2.26. The molecule has 1 aliphatic heterocycles. The summed E-state index contributed by atoms with van der Waals surface area (Å²) in [5.74, 6) is 0. The van der Waals surface area contributed by atoms with Crippen LogP contribution in [0.25, 0.3) is 0 Å². The maximum Gasteiger partial charge on any atom is 0.340 e. The molecule has 5 heteroatoms. The Labute approximate surface area is 138 Å². The van der Waals surface area contributed by atoms with Gasteiger partial charge in [-0.2, -0.15) is 0 Å². The second kappa shape index (κ2) is 11.6. The molecule has 22 heavy (non-hydrogen) atoms. The van der Waals surface area contributed by atoms with E-state index < -0.39 is 8.56 Å². The number of hydrogen-bond acceptors (Lipinski definition) is 4. The lowest BCUT2D eigenvalue weighted by Gasteiger charge is -2.33. The monoisotopic (exact) mass is 332 g/mol. The molecule has 0 spiro atoms. The molecule has 0 bridgehead atoms. The van der Waals surface area contributed by atoms with Crippen molar-refractivity contribution in [3.63, 3.8) is 0 Å². The zero-order chi connectivity index (χ0) is 16.3. The Morgan fingerprint density at radius 1 is 1.05 bits per heavy atom. The lowest BCUT2D eigenvalue weighted by atomic mass is 10.4. The number of ether oxygens (including phenoxy) is 2. The third kappa shape index (κ3) is 8.63. The van der Waals surface area contributed by atoms with E-state index in [1.54, 1.807) is 0 Å². The predicted octanol–water partition coefficient (Wildman–Crippen LogP) is 4.28. The van der Waals surface area contributed by atoms with Gasteiger partial charge in [-0.25, -0.2) is 0 Å². The van der Waals surface area contributed by atoms with Crippen molar-refractivity contribution in [2.75, 3.05) is 26.4 Å². The third-order valence-electron chi connectivity index (χ3n) is 3.92. The van der Waals surface area contributed by atoms with E-state index in [4.69, 9.17) is 18.3 Å². The Kier molecular flexibility index (Phi) is 10.6. The van der Waals surface area contributed by atoms with Gasteiger partial charge in [-0.3, -0.25) is 0 Å². The molecule has 0 aromatic heterocycles. The van der Waals surface area contributed by atoms with Gasteiger partial charge in [-0.05, 0) is 25.8 Å². The quantitative estimate of drug-likeness (QED) is 0.255. The molecule has 0 saturated carbocycles. The Morgan fingerprint density at radius 3 is 2.09 bits per heavy atom. The molecule has 0 aliphatic carbocycles. The van der Waals surface area contributed by atoms with E-state index in [0.717, 1.165) is 64.0 Å². The number of epoxide rings is 1. The van der Waals surface area contributed by atoms with Gasteiger partial charge in [-0.1, -0.05) is 40.0 Å². The normalized spacial score (nSPS) is 19.4. The first-order valence-corrected chi connectivity index (χ1v) is 11.4. The number of rotatable bonds is 15. The van der Waals surface area contributed by atoms with E-state index in [0.29, 0.717) is 12.7 Å². The molecule has 0 aromatic carbocycles. The maximum atomic E-state index is 6.36. The zero-order valence-electron chi connectivity index (χ0n) is 15.1. The van der Waals surface area contributed by atoms with Crippen molar-refractivity contribution in [1.29, 1.82) is 0 Å². The highest BCUT2D eigenvalue weighted by atomic mass is 28.4. The van der Waals surface area contributed by atoms with Crippen molar-refractivity contribution in [1.82, 2.24) is 0 Å². The average Bonchev–Trinajstić information content (AvgIpc) is 3.30. The smallest absolute Gasteiger partial charge is 0.340 e. The van der Waals surface area contributed by atoms with Gasteiger partial charge in [0.2, 0.25) is 0 Å². The zero-order valence-corrected chi connectivity index (χ0v) is 16.1. The number of hydrogen-bond donors (Lipinski definition) is 0. The van der Waals surface area contributed by atoms with Crippen molar-refractivity contribution in [3.05, 3.63) is 0 Å². The molecule has 1 fully saturated rings. The van der Waals surface area contributed by atoms with E-state index in [9.17, 15) is 0 Å². The SMILES string of the molecule is CCCCO[Si](CCC)(CC(C)OCC1CO1)OCCCC. The van der Waals surface area contributed by atoms with E-state index in [1.807, 2.05) is 0 Å². The predicted molar refractivity (Wildman–Crippen MR) is 92.5 cm³/mol. The number of unbranched alkanes of at least 4 members (excludes halogenated alkanes) is 2. The van der Waals surface area contributed by atoms with Crippen LogP contribution >= 0.6 is 0 Å². The highest BCUT2D eigenvalue weighted by molar-refractivity contribution is 6.67. The summed E-state index contributed by atoms with van der Waals surface area (Å²) >= 11 is 0. The average molecular weight is 333 g/mol. The fourth-order valence-corrected chi connectivity index (χ4v) is 6.12. The van der Waals surface area contributed by atoms with E-state index in [2.05, 4.69) is 27.7 Å². The molecule has 1 aliphatic rings. The molecule has 0 N–H and O–H groups in total. The Bertz CT molecular complexity index is 261. The molecule has 1 heterocycles. The second-order valence-electron chi connectivity index (χ2n) is 6.37. The Hall–Kier alpha value is 0.0569. The Morgan fingerprint density at radius 2 is 1.64 bits per heavy atom. The van der Waals surface area contributed by atoms with Crippen molar-refractivity contribution in [3.8, 4) is 0 Å². The van der Waals surface area contributed by atoms with Crippen LogP contribution in [0.2, 0.25) is 12.1 Å². The first kappa shape index (κ1) is 20.1. The van der Waals surface area contributed by atoms with Crippen LogP contribution in [-0.4, -0.2) is 47.2 Å². The van der Waals surface area contributed by atoms with E-state index in [-0.39, 0.29) is 6.10 Å². The van der Waals surface area contributed by atoms with E-state index >= 15 is 0 Å². The van der Waals surface area contributed by atoms with Crippen LogP contribution in [-0.2, 0) is 18.3 Å². The van der Waals surface area contributed by atoms with Crippen LogP contribution in [0.5, 0.6) is 0 Å². The fourth-order valence-electron chi connectivity index (χ4n) is 2.52. The van der Waals surface area contributed by atoms with Crippen molar-refractivity contribution in [2.45, 2.75) is 84.1 Å². The molecular weight excluding hydrogens is 296 g/mol. The fraction of sp³-hybridized carbons (Fsp3) is 1.00. The van der Waals surface area contributed by atoms with Crippen LogP contribution in [0, 0.1) is 0 Å². The summed E-state index contributed by atoms with van der Waals surface area (Å²) in [4.78, 5) is 0. The highest BCUT2D eigenvalue weighted by Gasteiger charge is 2.39. The van der Waals surface area contributed by atoms with E-state index in [1.165, 1.54) is 0 Å². The van der Waals surface area contributed by atoms with Gasteiger partial charge in [0, 0.05) is 19.3 Å². The molecule has 0 aromatic rings. The summed E-state index contributed by atoms with van der Waals surface area (Å²) in [7, 11) is -2.15. The first-order valence-electron chi connectivity index (χ1n) is 9.16. The molecular formula is C17H36O4Si. The van der Waals surface area contributed by atoms with Crippen LogP contribution in [0.3, 0.4) is 0 Å². The topological polar surface area (TPSA) is 40.2 Å². The summed E-state index contributed by atoms with van der Waals surface area (Å²) in [5.41, 5.74) is 0. The third-order valence-corrected chi connectivity index (χ3v) is 7.84. The van der Waals surface area contributed by atoms with Gasteiger partial charge < -0.3 is 18.3 Å². The largest absolute Gasteiger partial charge is 0.394 e. The van der Waals surface area contributed by atoms with Crippen molar-refractivity contribution >= 4 is 8.56 Å². The van der Waals surface area contributed by atoms with Gasteiger partial charge in [0.15, 0.2) is 0 Å². The summed E-state index contributed by atoms with van der Waals surface area (Å²) in [6.45, 7) is 12.0. The van der Waals surface area contributed by atoms with Crippen LogP contribution in [0.4, 0.5) is 0 Å². The molecule has 2 unspecified atom stereocenters. The van der Waals surface area contributed by atoms with Gasteiger partial charge in [0.1, 0.15) is 6.10 Å². The van der Waals surface area contributed by atoms with Crippen molar-refractivity contribution in [2.24, 2.45) is 0 Å². The Balaban J connectivity index is 2.52. The molecule has 1 rings (SSSR count). The van der Waals surface area contributed by atoms with Crippen LogP contribution in [0.15, 0.2) is 0 Å². The standard InChI is InChI=1S/C17H36O4Si/c1-5-8-10-20-22(12-7-3,21-11-9-6-2)15-16(4)18-13-17-14-19-17/h16-17H,5-15H2,1-4H3. The molecule has 0 radical (unpaired) electrons. The molecule has 132 valence electrons. The lowest BCUT2D eigenvalue weighted by Crippen LogP contribution is -2.45. The summed E-state index contributed by atoms with van der Waals surface area (Å²) in [6.07, 6.45) is 6.18. The summed E-state index contributed by atoms with van der Waals surface area (Å²) < 4.78 is 23.9. The minimum absolute atomic E-state index is 0.186. The molecule has 2 atom stereocenters. The van der Waals surface area contributed by atoms with Crippen LogP contribution in [0.1, 0.15) is 59.8 Å².